The molecule has 0 radical (unpaired) electrons. The number of nitrogens with one attached hydrogen (secondary N) is 1. The summed E-state index contributed by atoms with van der Waals surface area (Å²) in [7, 11) is 0. The van der Waals surface area contributed by atoms with Gasteiger partial charge in [-0.05, 0) is 25.0 Å². The molecule has 122 valence electrons. The molecule has 1 aromatic rings. The topological polar surface area (TPSA) is 49.4 Å². The van der Waals surface area contributed by atoms with Crippen molar-refractivity contribution in [3.8, 4) is 0 Å². The van der Waals surface area contributed by atoms with E-state index in [4.69, 9.17) is 0 Å². The normalized spacial score (nSPS) is 10.4. The quantitative estimate of drug-likeness (QED) is 0.785. The first-order chi connectivity index (χ1) is 10.5. The van der Waals surface area contributed by atoms with Crippen molar-refractivity contribution in [1.29, 1.82) is 0 Å². The molecule has 0 atom stereocenters. The highest BCUT2D eigenvalue weighted by Gasteiger charge is 2.22. The summed E-state index contributed by atoms with van der Waals surface area (Å²) in [6.07, 6.45) is 3.38. The largest absolute Gasteiger partial charge is 0.334 e. The predicted molar refractivity (Wildman–Crippen MR) is 81.4 cm³/mol. The summed E-state index contributed by atoms with van der Waals surface area (Å²) < 4.78 is 26.6. The molecule has 2 amide bonds. The van der Waals surface area contributed by atoms with Crippen LogP contribution in [0.3, 0.4) is 0 Å². The number of rotatable bonds is 7. The van der Waals surface area contributed by atoms with E-state index < -0.39 is 23.4 Å². The smallest absolute Gasteiger partial charge is 0.313 e. The lowest BCUT2D eigenvalue weighted by atomic mass is 10.2. The number of unbranched alkanes of at least 4 members (excludes halogenated alkanes) is 2. The van der Waals surface area contributed by atoms with Gasteiger partial charge in [-0.1, -0.05) is 26.7 Å². The lowest BCUT2D eigenvalue weighted by Gasteiger charge is -2.21. The first kappa shape index (κ1) is 18.1. The first-order valence-electron chi connectivity index (χ1n) is 7.54. The third kappa shape index (κ3) is 5.42. The van der Waals surface area contributed by atoms with Gasteiger partial charge in [-0.3, -0.25) is 9.59 Å². The fraction of sp³-hybridized carbons (Fsp3) is 0.500. The zero-order chi connectivity index (χ0) is 16.5. The van der Waals surface area contributed by atoms with Crippen LogP contribution in [0, 0.1) is 11.6 Å². The maximum atomic E-state index is 13.5. The van der Waals surface area contributed by atoms with Crippen molar-refractivity contribution in [2.45, 2.75) is 39.5 Å². The number of carbonyl (C=O) groups excluding carboxylic acids is 2. The molecular weight excluding hydrogens is 290 g/mol. The molecule has 1 N–H and O–H groups in total. The summed E-state index contributed by atoms with van der Waals surface area (Å²) in [6.45, 7) is 4.94. The summed E-state index contributed by atoms with van der Waals surface area (Å²) in [6, 6.07) is 2.70. The van der Waals surface area contributed by atoms with Gasteiger partial charge in [0.05, 0.1) is 5.69 Å². The average molecular weight is 312 g/mol. The van der Waals surface area contributed by atoms with Gasteiger partial charge in [0.25, 0.3) is 0 Å². The second kappa shape index (κ2) is 9.12. The van der Waals surface area contributed by atoms with E-state index in [2.05, 4.69) is 5.32 Å². The zero-order valence-corrected chi connectivity index (χ0v) is 13.0. The fourth-order valence-electron chi connectivity index (χ4n) is 1.93. The van der Waals surface area contributed by atoms with E-state index >= 15 is 0 Å². The van der Waals surface area contributed by atoms with Crippen molar-refractivity contribution in [2.75, 3.05) is 18.4 Å². The number of hydrogen-bond donors (Lipinski definition) is 1. The van der Waals surface area contributed by atoms with Gasteiger partial charge in [-0.2, -0.15) is 0 Å². The Morgan fingerprint density at radius 2 is 1.68 bits per heavy atom. The molecule has 22 heavy (non-hydrogen) atoms. The molecule has 0 saturated heterocycles. The van der Waals surface area contributed by atoms with Crippen LogP contribution in [0.5, 0.6) is 0 Å². The summed E-state index contributed by atoms with van der Waals surface area (Å²) >= 11 is 0. The predicted octanol–water partition coefficient (Wildman–Crippen LogP) is 3.33. The van der Waals surface area contributed by atoms with Crippen molar-refractivity contribution in [3.63, 3.8) is 0 Å². The van der Waals surface area contributed by atoms with Crippen molar-refractivity contribution in [2.24, 2.45) is 0 Å². The van der Waals surface area contributed by atoms with Crippen LogP contribution in [0.2, 0.25) is 0 Å². The van der Waals surface area contributed by atoms with Crippen LogP contribution in [0.1, 0.15) is 39.5 Å². The summed E-state index contributed by atoms with van der Waals surface area (Å²) in [4.78, 5) is 25.6. The van der Waals surface area contributed by atoms with E-state index in [0.29, 0.717) is 13.1 Å². The molecule has 0 bridgehead atoms. The number of amides is 2. The van der Waals surface area contributed by atoms with Crippen LogP contribution in [-0.2, 0) is 9.59 Å². The second-order valence-corrected chi connectivity index (χ2v) is 5.08. The molecule has 1 aromatic carbocycles. The molecule has 0 saturated carbocycles. The van der Waals surface area contributed by atoms with Crippen LogP contribution in [-0.4, -0.2) is 29.8 Å². The third-order valence-corrected chi connectivity index (χ3v) is 3.22. The van der Waals surface area contributed by atoms with Crippen LogP contribution in [0.25, 0.3) is 0 Å². The van der Waals surface area contributed by atoms with E-state index in [9.17, 15) is 18.4 Å². The third-order valence-electron chi connectivity index (χ3n) is 3.22. The molecule has 1 rings (SSSR count). The maximum Gasteiger partial charge on any atom is 0.313 e. The van der Waals surface area contributed by atoms with Crippen LogP contribution in [0.15, 0.2) is 18.2 Å². The molecule has 0 aliphatic carbocycles. The highest BCUT2D eigenvalue weighted by Crippen LogP contribution is 2.15. The Hall–Kier alpha value is -1.98. The van der Waals surface area contributed by atoms with Crippen molar-refractivity contribution < 1.29 is 18.4 Å². The van der Waals surface area contributed by atoms with Gasteiger partial charge in [-0.15, -0.1) is 0 Å². The molecule has 4 nitrogen and oxygen atoms in total. The van der Waals surface area contributed by atoms with E-state index in [1.54, 1.807) is 0 Å². The number of halogens is 2. The maximum absolute atomic E-state index is 13.5. The lowest BCUT2D eigenvalue weighted by Crippen LogP contribution is -2.41. The number of nitrogens with zero attached hydrogens (tertiary/aromatic N) is 1. The van der Waals surface area contributed by atoms with Gasteiger partial charge < -0.3 is 10.2 Å². The molecule has 0 heterocycles. The summed E-state index contributed by atoms with van der Waals surface area (Å²) in [5, 5.41) is 2.14. The number of anilines is 1. The minimum Gasteiger partial charge on any atom is -0.334 e. The molecule has 0 aliphatic rings. The monoisotopic (exact) mass is 312 g/mol. The first-order valence-corrected chi connectivity index (χ1v) is 7.54. The van der Waals surface area contributed by atoms with Crippen LogP contribution in [0.4, 0.5) is 14.5 Å². The highest BCUT2D eigenvalue weighted by molar-refractivity contribution is 6.39. The van der Waals surface area contributed by atoms with Crippen molar-refractivity contribution >= 4 is 17.5 Å². The SMILES string of the molecule is CCCCN(CCCC)C(=O)C(=O)Nc1cc(F)ccc1F. The van der Waals surface area contributed by atoms with Gasteiger partial charge in [0.15, 0.2) is 0 Å². The van der Waals surface area contributed by atoms with E-state index in [1.807, 2.05) is 13.8 Å². The van der Waals surface area contributed by atoms with Gasteiger partial charge >= 0.3 is 11.8 Å². The standard InChI is InChI=1S/C16H22F2N2O2/c1-3-5-9-20(10-6-4-2)16(22)15(21)19-14-11-12(17)7-8-13(14)18/h7-8,11H,3-6,9-10H2,1-2H3,(H,19,21). The molecule has 6 heteroatoms. The minimum atomic E-state index is -0.947. The Balaban J connectivity index is 2.75. The number of benzene rings is 1. The van der Waals surface area contributed by atoms with Gasteiger partial charge in [-0.25, -0.2) is 8.78 Å². The Morgan fingerprint density at radius 3 is 2.23 bits per heavy atom. The highest BCUT2D eigenvalue weighted by atomic mass is 19.1. The zero-order valence-electron chi connectivity index (χ0n) is 13.0. The van der Waals surface area contributed by atoms with Crippen molar-refractivity contribution in [3.05, 3.63) is 29.8 Å². The fourth-order valence-corrected chi connectivity index (χ4v) is 1.93. The van der Waals surface area contributed by atoms with E-state index in [-0.39, 0.29) is 5.69 Å². The molecule has 0 unspecified atom stereocenters. The van der Waals surface area contributed by atoms with E-state index in [0.717, 1.165) is 43.9 Å². The Bertz CT molecular complexity index is 513. The van der Waals surface area contributed by atoms with Crippen LogP contribution < -0.4 is 5.32 Å². The average Bonchev–Trinajstić information content (AvgIpc) is 2.50. The summed E-state index contributed by atoms with van der Waals surface area (Å²) in [5.74, 6) is -3.13. The van der Waals surface area contributed by atoms with Gasteiger partial charge in [0, 0.05) is 19.2 Å². The number of hydrogen-bond acceptors (Lipinski definition) is 2. The Morgan fingerprint density at radius 1 is 1.09 bits per heavy atom. The van der Waals surface area contributed by atoms with Crippen molar-refractivity contribution in [1.82, 2.24) is 4.90 Å². The molecule has 0 spiro atoms. The van der Waals surface area contributed by atoms with E-state index in [1.165, 1.54) is 4.90 Å². The molecule has 0 aromatic heterocycles. The summed E-state index contributed by atoms with van der Waals surface area (Å²) in [5.41, 5.74) is -0.329. The second-order valence-electron chi connectivity index (χ2n) is 5.08. The Kier molecular flexibility index (Phi) is 7.49. The molecular formula is C16H22F2N2O2. The Labute approximate surface area is 129 Å². The lowest BCUT2D eigenvalue weighted by molar-refractivity contribution is -0.143. The van der Waals surface area contributed by atoms with Gasteiger partial charge in [0.1, 0.15) is 11.6 Å². The van der Waals surface area contributed by atoms with Gasteiger partial charge in [0.2, 0.25) is 0 Å². The molecule has 0 aliphatic heterocycles. The molecule has 0 fully saturated rings. The minimum absolute atomic E-state index is 0.329. The van der Waals surface area contributed by atoms with Crippen LogP contribution >= 0.6 is 0 Å². The number of carbonyl (C=O) groups is 2.